The van der Waals surface area contributed by atoms with Crippen LogP contribution in [0.4, 0.5) is 0 Å². The molecule has 0 spiro atoms. The van der Waals surface area contributed by atoms with E-state index in [0.29, 0.717) is 25.3 Å². The van der Waals surface area contributed by atoms with Crippen LogP contribution in [0.2, 0.25) is 0 Å². The molecule has 1 heterocycles. The van der Waals surface area contributed by atoms with Crippen LogP contribution in [-0.4, -0.2) is 38.2 Å². The Balaban J connectivity index is 2.96. The zero-order valence-corrected chi connectivity index (χ0v) is 9.41. The summed E-state index contributed by atoms with van der Waals surface area (Å²) in [6.07, 6.45) is 0.474. The minimum absolute atomic E-state index is 0.0317. The number of hydrogen-bond acceptors (Lipinski definition) is 5. The summed E-state index contributed by atoms with van der Waals surface area (Å²) in [5, 5.41) is 2.98. The highest BCUT2D eigenvalue weighted by Crippen LogP contribution is 2.12. The summed E-state index contributed by atoms with van der Waals surface area (Å²) in [6, 6.07) is 0. The van der Waals surface area contributed by atoms with Crippen molar-refractivity contribution in [1.82, 2.24) is 5.32 Å². The number of nitrogens with two attached hydrogens (primary N) is 1. The van der Waals surface area contributed by atoms with Gasteiger partial charge < -0.3 is 20.5 Å². The van der Waals surface area contributed by atoms with E-state index in [4.69, 9.17) is 10.5 Å². The first kappa shape index (κ1) is 12.5. The van der Waals surface area contributed by atoms with Crippen molar-refractivity contribution >= 4 is 11.9 Å². The SMILES string of the molecule is COC(=O)C(C(N)=O)=C1CCOC(C)CN1. The van der Waals surface area contributed by atoms with E-state index in [1.165, 1.54) is 7.11 Å². The van der Waals surface area contributed by atoms with E-state index in [2.05, 4.69) is 10.1 Å². The van der Waals surface area contributed by atoms with Gasteiger partial charge in [0.25, 0.3) is 5.91 Å². The molecule has 0 aromatic heterocycles. The molecule has 6 heteroatoms. The molecule has 1 fully saturated rings. The first-order chi connectivity index (χ1) is 7.56. The molecule has 0 aromatic rings. The Morgan fingerprint density at radius 2 is 2.25 bits per heavy atom. The Morgan fingerprint density at radius 1 is 1.56 bits per heavy atom. The number of methoxy groups -OCH3 is 1. The van der Waals surface area contributed by atoms with Gasteiger partial charge in [-0.15, -0.1) is 0 Å². The normalized spacial score (nSPS) is 24.0. The number of ether oxygens (including phenoxy) is 2. The first-order valence-electron chi connectivity index (χ1n) is 5.03. The van der Waals surface area contributed by atoms with E-state index in [-0.39, 0.29) is 11.7 Å². The van der Waals surface area contributed by atoms with E-state index in [1.54, 1.807) is 0 Å². The van der Waals surface area contributed by atoms with E-state index in [9.17, 15) is 9.59 Å². The fraction of sp³-hybridized carbons (Fsp3) is 0.600. The summed E-state index contributed by atoms with van der Waals surface area (Å²) < 4.78 is 9.89. The number of carbonyl (C=O) groups is 2. The lowest BCUT2D eigenvalue weighted by molar-refractivity contribution is -0.137. The molecule has 1 amide bonds. The van der Waals surface area contributed by atoms with Crippen LogP contribution in [0.5, 0.6) is 0 Å². The summed E-state index contributed by atoms with van der Waals surface area (Å²) in [7, 11) is 1.21. The van der Waals surface area contributed by atoms with Gasteiger partial charge in [0.2, 0.25) is 0 Å². The zero-order chi connectivity index (χ0) is 12.1. The summed E-state index contributed by atoms with van der Waals surface area (Å²) in [5.41, 5.74) is 5.52. The van der Waals surface area contributed by atoms with Gasteiger partial charge in [-0.1, -0.05) is 0 Å². The highest BCUT2D eigenvalue weighted by Gasteiger charge is 2.23. The van der Waals surface area contributed by atoms with Crippen molar-refractivity contribution in [3.63, 3.8) is 0 Å². The summed E-state index contributed by atoms with van der Waals surface area (Å²) >= 11 is 0. The van der Waals surface area contributed by atoms with Crippen LogP contribution in [-0.2, 0) is 19.1 Å². The highest BCUT2D eigenvalue weighted by atomic mass is 16.5. The van der Waals surface area contributed by atoms with Crippen LogP contribution in [0.1, 0.15) is 13.3 Å². The number of carbonyl (C=O) groups excluding carboxylic acids is 2. The lowest BCUT2D eigenvalue weighted by Crippen LogP contribution is -2.29. The number of hydrogen-bond donors (Lipinski definition) is 2. The van der Waals surface area contributed by atoms with Crippen LogP contribution in [0.25, 0.3) is 0 Å². The van der Waals surface area contributed by atoms with Gasteiger partial charge in [-0.3, -0.25) is 4.79 Å². The first-order valence-corrected chi connectivity index (χ1v) is 5.03. The molecule has 0 bridgehead atoms. The molecule has 0 saturated carbocycles. The van der Waals surface area contributed by atoms with Crippen LogP contribution >= 0.6 is 0 Å². The highest BCUT2D eigenvalue weighted by molar-refractivity contribution is 6.16. The van der Waals surface area contributed by atoms with Gasteiger partial charge in [-0.25, -0.2) is 4.79 Å². The Bertz CT molecular complexity index is 325. The quantitative estimate of drug-likeness (QED) is 0.282. The monoisotopic (exact) mass is 228 g/mol. The van der Waals surface area contributed by atoms with Crippen LogP contribution < -0.4 is 11.1 Å². The Hall–Kier alpha value is -1.56. The van der Waals surface area contributed by atoms with Crippen molar-refractivity contribution in [3.8, 4) is 0 Å². The fourth-order valence-corrected chi connectivity index (χ4v) is 1.46. The molecule has 1 unspecified atom stereocenters. The predicted molar refractivity (Wildman–Crippen MR) is 56.3 cm³/mol. The van der Waals surface area contributed by atoms with E-state index >= 15 is 0 Å². The molecule has 0 radical (unpaired) electrons. The third kappa shape index (κ3) is 2.96. The van der Waals surface area contributed by atoms with Gasteiger partial charge in [0.15, 0.2) is 0 Å². The van der Waals surface area contributed by atoms with E-state index in [1.807, 2.05) is 6.92 Å². The molecular formula is C10H16N2O4. The van der Waals surface area contributed by atoms with Crippen LogP contribution in [0.15, 0.2) is 11.3 Å². The second-order valence-electron chi connectivity index (χ2n) is 3.52. The molecule has 1 saturated heterocycles. The van der Waals surface area contributed by atoms with Gasteiger partial charge in [-0.05, 0) is 6.92 Å². The lowest BCUT2D eigenvalue weighted by Gasteiger charge is -2.11. The number of esters is 1. The minimum Gasteiger partial charge on any atom is -0.465 e. The molecule has 0 aliphatic carbocycles. The van der Waals surface area contributed by atoms with Crippen molar-refractivity contribution < 1.29 is 19.1 Å². The van der Waals surface area contributed by atoms with Crippen LogP contribution in [0, 0.1) is 0 Å². The van der Waals surface area contributed by atoms with E-state index < -0.39 is 11.9 Å². The molecule has 1 atom stereocenters. The molecule has 1 aliphatic heterocycles. The van der Waals surface area contributed by atoms with Crippen molar-refractivity contribution in [2.75, 3.05) is 20.3 Å². The Kier molecular flexibility index (Phi) is 4.30. The standard InChI is InChI=1S/C10H16N2O4/c1-6-5-12-7(3-4-16-6)8(9(11)13)10(14)15-2/h6,12H,3-5H2,1-2H3,(H2,11,13). The average molecular weight is 228 g/mol. The summed E-state index contributed by atoms with van der Waals surface area (Å²) in [6.45, 7) is 2.87. The lowest BCUT2D eigenvalue weighted by atomic mass is 10.1. The molecule has 0 aromatic carbocycles. The summed E-state index contributed by atoms with van der Waals surface area (Å²) in [4.78, 5) is 22.6. The van der Waals surface area contributed by atoms with Gasteiger partial charge in [0.1, 0.15) is 5.57 Å². The fourth-order valence-electron chi connectivity index (χ4n) is 1.46. The Morgan fingerprint density at radius 3 is 2.81 bits per heavy atom. The topological polar surface area (TPSA) is 90.7 Å². The van der Waals surface area contributed by atoms with Gasteiger partial charge in [0, 0.05) is 18.7 Å². The largest absolute Gasteiger partial charge is 0.465 e. The molecule has 6 nitrogen and oxygen atoms in total. The molecule has 90 valence electrons. The van der Waals surface area contributed by atoms with Crippen molar-refractivity contribution in [2.24, 2.45) is 5.73 Å². The molecular weight excluding hydrogens is 212 g/mol. The van der Waals surface area contributed by atoms with Crippen molar-refractivity contribution in [1.29, 1.82) is 0 Å². The molecule has 3 N–H and O–H groups in total. The number of primary amides is 1. The van der Waals surface area contributed by atoms with Gasteiger partial charge >= 0.3 is 5.97 Å². The molecule has 1 aliphatic rings. The van der Waals surface area contributed by atoms with Gasteiger partial charge in [-0.2, -0.15) is 0 Å². The van der Waals surface area contributed by atoms with E-state index in [0.717, 1.165) is 0 Å². The molecule has 1 rings (SSSR count). The maximum Gasteiger partial charge on any atom is 0.345 e. The minimum atomic E-state index is -0.788. The Labute approximate surface area is 93.8 Å². The second-order valence-corrected chi connectivity index (χ2v) is 3.52. The number of rotatable bonds is 2. The maximum absolute atomic E-state index is 11.4. The second kappa shape index (κ2) is 5.50. The summed E-state index contributed by atoms with van der Waals surface area (Å²) in [5.74, 6) is -1.51. The molecule has 16 heavy (non-hydrogen) atoms. The zero-order valence-electron chi connectivity index (χ0n) is 9.41. The smallest absolute Gasteiger partial charge is 0.345 e. The third-order valence-corrected chi connectivity index (χ3v) is 2.30. The number of nitrogens with one attached hydrogen (secondary N) is 1. The van der Waals surface area contributed by atoms with Gasteiger partial charge in [0.05, 0.1) is 19.8 Å². The maximum atomic E-state index is 11.4. The van der Waals surface area contributed by atoms with Crippen molar-refractivity contribution in [3.05, 3.63) is 11.3 Å². The predicted octanol–water partition coefficient (Wildman–Crippen LogP) is -0.703. The number of amides is 1. The average Bonchev–Trinajstić information content (AvgIpc) is 2.43. The van der Waals surface area contributed by atoms with Crippen molar-refractivity contribution in [2.45, 2.75) is 19.4 Å². The third-order valence-electron chi connectivity index (χ3n) is 2.30. The van der Waals surface area contributed by atoms with Crippen LogP contribution in [0.3, 0.4) is 0 Å².